The molecule has 0 N–H and O–H groups in total. The van der Waals surface area contributed by atoms with Crippen LogP contribution in [0.3, 0.4) is 0 Å². The van der Waals surface area contributed by atoms with Crippen LogP contribution in [-0.2, 0) is 5.75 Å². The Morgan fingerprint density at radius 3 is 2.64 bits per heavy atom. The molecule has 0 spiro atoms. The van der Waals surface area contributed by atoms with E-state index in [2.05, 4.69) is 29.2 Å². The monoisotopic (exact) mass is 372 g/mol. The van der Waals surface area contributed by atoms with Crippen LogP contribution in [0, 0.1) is 6.92 Å². The maximum atomic E-state index is 12.7. The maximum Gasteiger partial charge on any atom is 0.287 e. The molecule has 6 heteroatoms. The molecule has 0 atom stereocenters. The Morgan fingerprint density at radius 1 is 1.20 bits per heavy atom. The standard InChI is InChI=1S/C19H17ClN2O2S/c1-13-3-5-14(6-4-13)12-25-18-19(23)22(10-9-21-18)15-7-8-17(24-2)16(20)11-15/h3-11H,12H2,1-2H3. The highest BCUT2D eigenvalue weighted by Crippen LogP contribution is 2.26. The van der Waals surface area contributed by atoms with E-state index in [-0.39, 0.29) is 5.56 Å². The third-order valence-corrected chi connectivity index (χ3v) is 5.05. The molecule has 1 heterocycles. The average molecular weight is 373 g/mol. The van der Waals surface area contributed by atoms with E-state index in [4.69, 9.17) is 16.3 Å². The molecule has 128 valence electrons. The Balaban J connectivity index is 1.86. The quantitative estimate of drug-likeness (QED) is 0.619. The molecule has 0 bridgehead atoms. The lowest BCUT2D eigenvalue weighted by atomic mass is 10.2. The highest BCUT2D eigenvalue weighted by Gasteiger charge is 2.09. The molecule has 0 amide bonds. The molecule has 0 aliphatic rings. The molecule has 0 saturated carbocycles. The molecular weight excluding hydrogens is 356 g/mol. The van der Waals surface area contributed by atoms with Gasteiger partial charge in [-0.15, -0.1) is 0 Å². The summed E-state index contributed by atoms with van der Waals surface area (Å²) in [5.74, 6) is 1.26. The van der Waals surface area contributed by atoms with Crippen molar-refractivity contribution in [2.45, 2.75) is 17.7 Å². The molecule has 0 aliphatic heterocycles. The number of benzene rings is 2. The van der Waals surface area contributed by atoms with Gasteiger partial charge in [0.15, 0.2) is 5.03 Å². The van der Waals surface area contributed by atoms with Crippen molar-refractivity contribution < 1.29 is 4.74 Å². The minimum absolute atomic E-state index is 0.166. The van der Waals surface area contributed by atoms with E-state index in [1.165, 1.54) is 21.9 Å². The number of rotatable bonds is 5. The van der Waals surface area contributed by atoms with Gasteiger partial charge in [-0.1, -0.05) is 53.2 Å². The SMILES string of the molecule is COc1ccc(-n2ccnc(SCc3ccc(C)cc3)c2=O)cc1Cl. The number of aromatic nitrogens is 2. The first-order valence-corrected chi connectivity index (χ1v) is 9.05. The lowest BCUT2D eigenvalue weighted by molar-refractivity contribution is 0.415. The van der Waals surface area contributed by atoms with Gasteiger partial charge in [-0.05, 0) is 30.7 Å². The molecular formula is C19H17ClN2O2S. The van der Waals surface area contributed by atoms with Crippen molar-refractivity contribution in [3.63, 3.8) is 0 Å². The molecule has 0 unspecified atom stereocenters. The van der Waals surface area contributed by atoms with E-state index < -0.39 is 0 Å². The first kappa shape index (κ1) is 17.6. The number of nitrogens with zero attached hydrogens (tertiary/aromatic N) is 2. The highest BCUT2D eigenvalue weighted by molar-refractivity contribution is 7.98. The minimum Gasteiger partial charge on any atom is -0.495 e. The van der Waals surface area contributed by atoms with E-state index in [1.807, 2.05) is 6.92 Å². The number of ether oxygens (including phenoxy) is 1. The Bertz CT molecular complexity index is 939. The summed E-state index contributed by atoms with van der Waals surface area (Å²) >= 11 is 7.59. The normalized spacial score (nSPS) is 10.7. The van der Waals surface area contributed by atoms with Crippen LogP contribution in [0.2, 0.25) is 5.02 Å². The number of thioether (sulfide) groups is 1. The van der Waals surface area contributed by atoms with Crippen molar-refractivity contribution in [1.29, 1.82) is 0 Å². The van der Waals surface area contributed by atoms with Crippen LogP contribution >= 0.6 is 23.4 Å². The summed E-state index contributed by atoms with van der Waals surface area (Å²) in [6, 6.07) is 13.5. The zero-order valence-corrected chi connectivity index (χ0v) is 15.5. The summed E-state index contributed by atoms with van der Waals surface area (Å²) in [5.41, 5.74) is 2.88. The molecule has 2 aromatic carbocycles. The third-order valence-electron chi connectivity index (χ3n) is 3.72. The average Bonchev–Trinajstić information content (AvgIpc) is 2.62. The smallest absolute Gasteiger partial charge is 0.287 e. The van der Waals surface area contributed by atoms with Crippen LogP contribution in [0.25, 0.3) is 5.69 Å². The summed E-state index contributed by atoms with van der Waals surface area (Å²) in [4.78, 5) is 16.9. The van der Waals surface area contributed by atoms with Crippen molar-refractivity contribution in [2.75, 3.05) is 7.11 Å². The number of aryl methyl sites for hydroxylation is 1. The molecule has 4 nitrogen and oxygen atoms in total. The second kappa shape index (κ2) is 7.76. The Hall–Kier alpha value is -2.24. The number of methoxy groups -OCH3 is 1. The largest absolute Gasteiger partial charge is 0.495 e. The van der Waals surface area contributed by atoms with Crippen LogP contribution in [0.4, 0.5) is 0 Å². The first-order chi connectivity index (χ1) is 12.1. The van der Waals surface area contributed by atoms with Crippen LogP contribution in [0.5, 0.6) is 5.75 Å². The molecule has 0 saturated heterocycles. The fraction of sp³-hybridized carbons (Fsp3) is 0.158. The van der Waals surface area contributed by atoms with Gasteiger partial charge in [0.25, 0.3) is 5.56 Å². The number of hydrogen-bond donors (Lipinski definition) is 0. The van der Waals surface area contributed by atoms with Gasteiger partial charge in [0, 0.05) is 18.1 Å². The molecule has 25 heavy (non-hydrogen) atoms. The van der Waals surface area contributed by atoms with Crippen molar-refractivity contribution >= 4 is 23.4 Å². The lowest BCUT2D eigenvalue weighted by Crippen LogP contribution is -2.20. The zero-order valence-electron chi connectivity index (χ0n) is 13.9. The van der Waals surface area contributed by atoms with Gasteiger partial charge in [0.1, 0.15) is 5.75 Å². The Kier molecular flexibility index (Phi) is 5.46. The summed E-state index contributed by atoms with van der Waals surface area (Å²) in [6.45, 7) is 2.05. The Morgan fingerprint density at radius 2 is 1.96 bits per heavy atom. The number of halogens is 1. The van der Waals surface area contributed by atoms with E-state index in [0.29, 0.717) is 27.2 Å². The van der Waals surface area contributed by atoms with Crippen molar-refractivity contribution in [3.05, 3.63) is 81.4 Å². The number of hydrogen-bond acceptors (Lipinski definition) is 4. The van der Waals surface area contributed by atoms with E-state index in [1.54, 1.807) is 37.7 Å². The third kappa shape index (κ3) is 4.06. The molecule has 0 fully saturated rings. The molecule has 3 rings (SSSR count). The summed E-state index contributed by atoms with van der Waals surface area (Å²) in [5, 5.41) is 0.910. The van der Waals surface area contributed by atoms with E-state index in [9.17, 15) is 4.79 Å². The fourth-order valence-corrected chi connectivity index (χ4v) is 3.44. The topological polar surface area (TPSA) is 44.1 Å². The van der Waals surface area contributed by atoms with Crippen molar-refractivity contribution in [3.8, 4) is 11.4 Å². The molecule has 0 aliphatic carbocycles. The van der Waals surface area contributed by atoms with Gasteiger partial charge in [-0.3, -0.25) is 9.36 Å². The second-order valence-corrected chi connectivity index (χ2v) is 6.87. The Labute approximate surface area is 155 Å². The van der Waals surface area contributed by atoms with Gasteiger partial charge in [0.2, 0.25) is 0 Å². The van der Waals surface area contributed by atoms with E-state index >= 15 is 0 Å². The van der Waals surface area contributed by atoms with Crippen LogP contribution in [0.1, 0.15) is 11.1 Å². The first-order valence-electron chi connectivity index (χ1n) is 7.68. The van der Waals surface area contributed by atoms with Crippen LogP contribution < -0.4 is 10.3 Å². The second-order valence-electron chi connectivity index (χ2n) is 5.50. The van der Waals surface area contributed by atoms with Crippen molar-refractivity contribution in [1.82, 2.24) is 9.55 Å². The van der Waals surface area contributed by atoms with Crippen LogP contribution in [0.15, 0.2) is 64.7 Å². The predicted molar refractivity (Wildman–Crippen MR) is 102 cm³/mol. The lowest BCUT2D eigenvalue weighted by Gasteiger charge is -2.09. The van der Waals surface area contributed by atoms with Gasteiger partial charge >= 0.3 is 0 Å². The van der Waals surface area contributed by atoms with Gasteiger partial charge in [-0.25, -0.2) is 4.98 Å². The van der Waals surface area contributed by atoms with Crippen molar-refractivity contribution in [2.24, 2.45) is 0 Å². The highest BCUT2D eigenvalue weighted by atomic mass is 35.5. The van der Waals surface area contributed by atoms with Gasteiger partial charge < -0.3 is 4.74 Å². The predicted octanol–water partition coefficient (Wildman–Crippen LogP) is 4.50. The summed E-state index contributed by atoms with van der Waals surface area (Å²) in [6.07, 6.45) is 3.26. The van der Waals surface area contributed by atoms with Gasteiger partial charge in [-0.2, -0.15) is 0 Å². The molecule has 1 aromatic heterocycles. The maximum absolute atomic E-state index is 12.7. The minimum atomic E-state index is -0.166. The zero-order chi connectivity index (χ0) is 17.8. The van der Waals surface area contributed by atoms with E-state index in [0.717, 1.165) is 5.56 Å². The summed E-state index contributed by atoms with van der Waals surface area (Å²) < 4.78 is 6.69. The summed E-state index contributed by atoms with van der Waals surface area (Å²) in [7, 11) is 1.55. The fourth-order valence-electron chi connectivity index (χ4n) is 2.34. The molecule has 0 radical (unpaired) electrons. The van der Waals surface area contributed by atoms with Gasteiger partial charge in [0.05, 0.1) is 17.8 Å². The van der Waals surface area contributed by atoms with Crippen LogP contribution in [-0.4, -0.2) is 16.7 Å². The molecule has 3 aromatic rings.